The van der Waals surface area contributed by atoms with E-state index in [2.05, 4.69) is 43.4 Å². The summed E-state index contributed by atoms with van der Waals surface area (Å²) in [5.41, 5.74) is 4.18. The quantitative estimate of drug-likeness (QED) is 0.818. The first-order valence-corrected chi connectivity index (χ1v) is 7.25. The van der Waals surface area contributed by atoms with Crippen LogP contribution in [0.4, 0.5) is 4.39 Å². The van der Waals surface area contributed by atoms with Gasteiger partial charge in [-0.1, -0.05) is 38.1 Å². The van der Waals surface area contributed by atoms with Crippen molar-refractivity contribution < 1.29 is 4.39 Å². The zero-order chi connectivity index (χ0) is 14.5. The Hall–Kier alpha value is -1.67. The van der Waals surface area contributed by atoms with Gasteiger partial charge in [-0.3, -0.25) is 0 Å². The number of aryl methyl sites for hydroxylation is 1. The third-order valence-corrected chi connectivity index (χ3v) is 3.64. The van der Waals surface area contributed by atoms with Crippen LogP contribution in [-0.4, -0.2) is 6.54 Å². The molecular weight excluding hydrogens is 249 g/mol. The molecule has 0 heterocycles. The van der Waals surface area contributed by atoms with Crippen LogP contribution in [0, 0.1) is 12.7 Å². The standard InChI is InChI=1S/C18H22FN/c1-4-18(20-5-2)16-8-6-7-14(12-16)15-9-10-17(19)13(3)11-15/h6-12,18,20H,4-5H2,1-3H3. The summed E-state index contributed by atoms with van der Waals surface area (Å²) in [5.74, 6) is -0.149. The molecule has 2 heteroatoms. The van der Waals surface area contributed by atoms with Gasteiger partial charge in [0.05, 0.1) is 0 Å². The normalized spacial score (nSPS) is 12.4. The number of nitrogens with one attached hydrogen (secondary N) is 1. The summed E-state index contributed by atoms with van der Waals surface area (Å²) in [6, 6.07) is 14.2. The summed E-state index contributed by atoms with van der Waals surface area (Å²) in [5, 5.41) is 3.49. The summed E-state index contributed by atoms with van der Waals surface area (Å²) in [4.78, 5) is 0. The minimum absolute atomic E-state index is 0.149. The molecule has 0 bridgehead atoms. The molecule has 0 aromatic heterocycles. The van der Waals surface area contributed by atoms with E-state index in [1.54, 1.807) is 13.0 Å². The van der Waals surface area contributed by atoms with Gasteiger partial charge in [0.25, 0.3) is 0 Å². The van der Waals surface area contributed by atoms with Crippen molar-refractivity contribution in [2.75, 3.05) is 6.54 Å². The minimum Gasteiger partial charge on any atom is -0.310 e. The maximum Gasteiger partial charge on any atom is 0.126 e. The second-order valence-electron chi connectivity index (χ2n) is 5.11. The SMILES string of the molecule is CCNC(CC)c1cccc(-c2ccc(F)c(C)c2)c1. The molecule has 0 fully saturated rings. The highest BCUT2D eigenvalue weighted by Gasteiger charge is 2.09. The summed E-state index contributed by atoms with van der Waals surface area (Å²) in [7, 11) is 0. The molecule has 0 aliphatic heterocycles. The van der Waals surface area contributed by atoms with Crippen molar-refractivity contribution in [3.8, 4) is 11.1 Å². The summed E-state index contributed by atoms with van der Waals surface area (Å²) >= 11 is 0. The first-order chi connectivity index (χ1) is 9.65. The second kappa shape index (κ2) is 6.67. The first kappa shape index (κ1) is 14.7. The molecule has 0 aliphatic carbocycles. The van der Waals surface area contributed by atoms with Gasteiger partial charge in [-0.05, 0) is 60.3 Å². The fourth-order valence-electron chi connectivity index (χ4n) is 2.50. The Morgan fingerprint density at radius 3 is 2.45 bits per heavy atom. The van der Waals surface area contributed by atoms with E-state index in [0.29, 0.717) is 11.6 Å². The largest absolute Gasteiger partial charge is 0.310 e. The lowest BCUT2D eigenvalue weighted by molar-refractivity contribution is 0.537. The molecule has 0 spiro atoms. The zero-order valence-electron chi connectivity index (χ0n) is 12.4. The molecule has 0 saturated carbocycles. The Kier molecular flexibility index (Phi) is 4.91. The van der Waals surface area contributed by atoms with Gasteiger partial charge in [-0.2, -0.15) is 0 Å². The molecule has 1 atom stereocenters. The van der Waals surface area contributed by atoms with Crippen LogP contribution in [0.25, 0.3) is 11.1 Å². The van der Waals surface area contributed by atoms with Gasteiger partial charge in [0.1, 0.15) is 5.82 Å². The van der Waals surface area contributed by atoms with Crippen LogP contribution in [0.5, 0.6) is 0 Å². The molecule has 2 aromatic carbocycles. The highest BCUT2D eigenvalue weighted by molar-refractivity contribution is 5.65. The van der Waals surface area contributed by atoms with Crippen LogP contribution in [0.3, 0.4) is 0 Å². The van der Waals surface area contributed by atoms with E-state index >= 15 is 0 Å². The highest BCUT2D eigenvalue weighted by Crippen LogP contribution is 2.26. The van der Waals surface area contributed by atoms with Crippen molar-refractivity contribution in [3.05, 3.63) is 59.4 Å². The minimum atomic E-state index is -0.149. The van der Waals surface area contributed by atoms with Gasteiger partial charge in [-0.15, -0.1) is 0 Å². The number of benzene rings is 2. The van der Waals surface area contributed by atoms with Gasteiger partial charge in [0.15, 0.2) is 0 Å². The van der Waals surface area contributed by atoms with Crippen LogP contribution in [0.15, 0.2) is 42.5 Å². The third-order valence-electron chi connectivity index (χ3n) is 3.64. The molecular formula is C18H22FN. The van der Waals surface area contributed by atoms with Gasteiger partial charge in [0.2, 0.25) is 0 Å². The van der Waals surface area contributed by atoms with E-state index in [1.807, 2.05) is 12.1 Å². The van der Waals surface area contributed by atoms with Gasteiger partial charge in [0, 0.05) is 6.04 Å². The topological polar surface area (TPSA) is 12.0 Å². The number of hydrogen-bond acceptors (Lipinski definition) is 1. The smallest absolute Gasteiger partial charge is 0.126 e. The Labute approximate surface area is 120 Å². The molecule has 2 rings (SSSR count). The fraction of sp³-hybridized carbons (Fsp3) is 0.333. The third kappa shape index (κ3) is 3.26. The molecule has 0 radical (unpaired) electrons. The summed E-state index contributed by atoms with van der Waals surface area (Å²) < 4.78 is 13.4. The predicted molar refractivity (Wildman–Crippen MR) is 83.3 cm³/mol. The van der Waals surface area contributed by atoms with E-state index < -0.39 is 0 Å². The molecule has 20 heavy (non-hydrogen) atoms. The average molecular weight is 271 g/mol. The highest BCUT2D eigenvalue weighted by atomic mass is 19.1. The monoisotopic (exact) mass is 271 g/mol. The van der Waals surface area contributed by atoms with Gasteiger partial charge in [-0.25, -0.2) is 4.39 Å². The van der Waals surface area contributed by atoms with Crippen molar-refractivity contribution in [1.82, 2.24) is 5.32 Å². The Morgan fingerprint density at radius 1 is 1.05 bits per heavy atom. The van der Waals surface area contributed by atoms with E-state index in [1.165, 1.54) is 5.56 Å². The van der Waals surface area contributed by atoms with Crippen molar-refractivity contribution in [3.63, 3.8) is 0 Å². The molecule has 0 aliphatic rings. The van der Waals surface area contributed by atoms with Crippen LogP contribution in [-0.2, 0) is 0 Å². The van der Waals surface area contributed by atoms with Crippen molar-refractivity contribution >= 4 is 0 Å². The lowest BCUT2D eigenvalue weighted by Crippen LogP contribution is -2.19. The second-order valence-corrected chi connectivity index (χ2v) is 5.11. The zero-order valence-corrected chi connectivity index (χ0v) is 12.4. The first-order valence-electron chi connectivity index (χ1n) is 7.25. The number of halogens is 1. The van der Waals surface area contributed by atoms with Crippen LogP contribution >= 0.6 is 0 Å². The summed E-state index contributed by atoms with van der Waals surface area (Å²) in [6.07, 6.45) is 1.06. The lowest BCUT2D eigenvalue weighted by atomic mass is 9.97. The van der Waals surface area contributed by atoms with Crippen LogP contribution < -0.4 is 5.32 Å². The van der Waals surface area contributed by atoms with Crippen LogP contribution in [0.1, 0.15) is 37.4 Å². The van der Waals surface area contributed by atoms with Crippen molar-refractivity contribution in [2.45, 2.75) is 33.2 Å². The number of rotatable bonds is 5. The van der Waals surface area contributed by atoms with E-state index in [-0.39, 0.29) is 5.82 Å². The number of hydrogen-bond donors (Lipinski definition) is 1. The van der Waals surface area contributed by atoms with Crippen LogP contribution in [0.2, 0.25) is 0 Å². The molecule has 0 saturated heterocycles. The average Bonchev–Trinajstić information content (AvgIpc) is 2.47. The van der Waals surface area contributed by atoms with Crippen molar-refractivity contribution in [1.29, 1.82) is 0 Å². The molecule has 2 aromatic rings. The molecule has 106 valence electrons. The Balaban J connectivity index is 2.35. The molecule has 1 nitrogen and oxygen atoms in total. The van der Waals surface area contributed by atoms with Gasteiger partial charge >= 0.3 is 0 Å². The molecule has 1 N–H and O–H groups in total. The lowest BCUT2D eigenvalue weighted by Gasteiger charge is -2.17. The Bertz CT molecular complexity index is 577. The van der Waals surface area contributed by atoms with E-state index in [0.717, 1.165) is 24.1 Å². The van der Waals surface area contributed by atoms with E-state index in [4.69, 9.17) is 0 Å². The van der Waals surface area contributed by atoms with Gasteiger partial charge < -0.3 is 5.32 Å². The maximum atomic E-state index is 13.4. The summed E-state index contributed by atoms with van der Waals surface area (Å²) in [6.45, 7) is 7.06. The predicted octanol–water partition coefficient (Wildman–Crippen LogP) is 4.86. The molecule has 1 unspecified atom stereocenters. The fourth-order valence-corrected chi connectivity index (χ4v) is 2.50. The maximum absolute atomic E-state index is 13.4. The van der Waals surface area contributed by atoms with E-state index in [9.17, 15) is 4.39 Å². The van der Waals surface area contributed by atoms with Crippen molar-refractivity contribution in [2.24, 2.45) is 0 Å². The molecule has 0 amide bonds. The Morgan fingerprint density at radius 2 is 1.80 bits per heavy atom.